The van der Waals surface area contributed by atoms with Gasteiger partial charge in [0.15, 0.2) is 0 Å². The summed E-state index contributed by atoms with van der Waals surface area (Å²) in [5, 5.41) is 2.68. The van der Waals surface area contributed by atoms with Crippen molar-refractivity contribution in [1.29, 1.82) is 0 Å². The number of para-hydroxylation sites is 1. The Morgan fingerprint density at radius 1 is 0.917 bits per heavy atom. The number of hydrogen-bond donors (Lipinski definition) is 1. The third kappa shape index (κ3) is 4.53. The summed E-state index contributed by atoms with van der Waals surface area (Å²) in [6, 6.07) is 20.7. The number of ether oxygens (including phenoxy) is 1. The molecule has 0 atom stereocenters. The van der Waals surface area contributed by atoms with E-state index >= 15 is 0 Å². The second-order valence-electron chi connectivity index (χ2n) is 8.80. The molecule has 2 saturated heterocycles. The van der Waals surface area contributed by atoms with E-state index in [-0.39, 0.29) is 11.7 Å². The van der Waals surface area contributed by atoms with Crippen molar-refractivity contribution in [3.63, 3.8) is 0 Å². The van der Waals surface area contributed by atoms with E-state index in [1.165, 1.54) is 4.90 Å². The highest BCUT2D eigenvalue weighted by atomic mass is 16.5. The van der Waals surface area contributed by atoms with E-state index in [1.54, 1.807) is 29.2 Å². The van der Waals surface area contributed by atoms with Gasteiger partial charge >= 0.3 is 12.1 Å². The van der Waals surface area contributed by atoms with Gasteiger partial charge in [-0.1, -0.05) is 36.9 Å². The number of anilines is 2. The van der Waals surface area contributed by atoms with Crippen molar-refractivity contribution < 1.29 is 19.1 Å². The van der Waals surface area contributed by atoms with Crippen LogP contribution >= 0.6 is 0 Å². The number of amides is 5. The summed E-state index contributed by atoms with van der Waals surface area (Å²) in [5.74, 6) is 1.45. The van der Waals surface area contributed by atoms with Crippen LogP contribution in [0.1, 0.15) is 24.0 Å². The van der Waals surface area contributed by atoms with E-state index in [2.05, 4.69) is 11.9 Å². The molecule has 0 saturated carbocycles. The molecule has 3 aromatic carbocycles. The molecule has 0 spiro atoms. The number of nitrogens with one attached hydrogen (secondary N) is 1. The summed E-state index contributed by atoms with van der Waals surface area (Å²) in [5.41, 5.74) is 2.63. The highest BCUT2D eigenvalue weighted by molar-refractivity contribution is 6.22. The molecule has 0 bridgehead atoms. The number of imide groups is 1. The molecule has 2 aliphatic heterocycles. The fraction of sp³-hybridized carbons (Fsp3) is 0.179. The lowest BCUT2D eigenvalue weighted by atomic mass is 10.1. The number of benzene rings is 3. The Hall–Kier alpha value is -4.59. The molecule has 2 heterocycles. The van der Waals surface area contributed by atoms with Crippen LogP contribution in [0.3, 0.4) is 0 Å². The van der Waals surface area contributed by atoms with Crippen LogP contribution in [0, 0.1) is 6.92 Å². The molecule has 182 valence electrons. The maximum atomic E-state index is 13.6. The smallest absolute Gasteiger partial charge is 0.343 e. The topological polar surface area (TPSA) is 82.2 Å². The van der Waals surface area contributed by atoms with Gasteiger partial charge in [0.2, 0.25) is 5.91 Å². The Morgan fingerprint density at radius 2 is 1.69 bits per heavy atom. The third-order valence-corrected chi connectivity index (χ3v) is 6.17. The lowest BCUT2D eigenvalue weighted by Gasteiger charge is -2.36. The summed E-state index contributed by atoms with van der Waals surface area (Å²) < 4.78 is 6.11. The molecule has 0 aliphatic carbocycles. The van der Waals surface area contributed by atoms with Gasteiger partial charge in [-0.3, -0.25) is 10.1 Å². The van der Waals surface area contributed by atoms with Crippen LogP contribution in [0.2, 0.25) is 0 Å². The van der Waals surface area contributed by atoms with Crippen molar-refractivity contribution >= 4 is 29.3 Å². The number of aryl methyl sites for hydroxylation is 1. The molecule has 5 rings (SSSR count). The minimum atomic E-state index is -0.603. The molecule has 0 aromatic heterocycles. The minimum Gasteiger partial charge on any atom is -0.457 e. The number of carbonyl (C=O) groups excluding carboxylic acids is 3. The monoisotopic (exact) mass is 482 g/mol. The van der Waals surface area contributed by atoms with E-state index in [4.69, 9.17) is 4.74 Å². The van der Waals surface area contributed by atoms with Gasteiger partial charge in [-0.15, -0.1) is 0 Å². The predicted octanol–water partition coefficient (Wildman–Crippen LogP) is 5.54. The quantitative estimate of drug-likeness (QED) is 0.500. The molecule has 2 fully saturated rings. The molecule has 2 aliphatic rings. The highest BCUT2D eigenvalue weighted by Crippen LogP contribution is 2.33. The standard InChI is InChI=1S/C28H26N4O4/c1-19-8-6-9-22(16-19)31-20(2)29-27(34)32(28(31)35)23-13-14-25(36-24-10-4-3-5-11-24)21(17-23)18-30-15-7-12-26(30)33/h3-6,8-11,13-14,16-17H,2,7,12,15,18H2,1H3,(H,29,34). The maximum absolute atomic E-state index is 13.6. The average Bonchev–Trinajstić information content (AvgIpc) is 3.25. The number of nitrogens with zero attached hydrogens (tertiary/aromatic N) is 3. The van der Waals surface area contributed by atoms with Gasteiger partial charge < -0.3 is 9.64 Å². The molecule has 1 N–H and O–H groups in total. The van der Waals surface area contributed by atoms with E-state index in [9.17, 15) is 14.4 Å². The number of likely N-dealkylation sites (tertiary alicyclic amines) is 1. The van der Waals surface area contributed by atoms with E-state index < -0.39 is 12.1 Å². The molecule has 8 heteroatoms. The molecule has 8 nitrogen and oxygen atoms in total. The van der Waals surface area contributed by atoms with Crippen molar-refractivity contribution in [1.82, 2.24) is 10.2 Å². The number of urea groups is 2. The van der Waals surface area contributed by atoms with Crippen LogP contribution in [0.4, 0.5) is 21.0 Å². The normalized spacial score (nSPS) is 16.0. The summed E-state index contributed by atoms with van der Waals surface area (Å²) in [6.45, 7) is 6.76. The van der Waals surface area contributed by atoms with Crippen molar-refractivity contribution in [2.75, 3.05) is 16.3 Å². The number of rotatable bonds is 6. The first-order chi connectivity index (χ1) is 17.4. The summed E-state index contributed by atoms with van der Waals surface area (Å²) in [4.78, 5) is 43.1. The molecule has 5 amide bonds. The maximum Gasteiger partial charge on any atom is 0.343 e. The number of carbonyl (C=O) groups is 3. The van der Waals surface area contributed by atoms with Gasteiger partial charge in [-0.2, -0.15) is 0 Å². The van der Waals surface area contributed by atoms with Crippen molar-refractivity contribution in [2.45, 2.75) is 26.3 Å². The molecule has 36 heavy (non-hydrogen) atoms. The van der Waals surface area contributed by atoms with Crippen LogP contribution in [-0.4, -0.2) is 29.4 Å². The second-order valence-corrected chi connectivity index (χ2v) is 8.80. The van der Waals surface area contributed by atoms with Crippen LogP contribution in [-0.2, 0) is 11.3 Å². The van der Waals surface area contributed by atoms with E-state index in [0.717, 1.165) is 16.9 Å². The van der Waals surface area contributed by atoms with E-state index in [0.29, 0.717) is 47.9 Å². The second kappa shape index (κ2) is 9.58. The van der Waals surface area contributed by atoms with E-state index in [1.807, 2.05) is 55.5 Å². The van der Waals surface area contributed by atoms with Gasteiger partial charge in [-0.05, 0) is 61.4 Å². The Morgan fingerprint density at radius 3 is 2.42 bits per heavy atom. The summed E-state index contributed by atoms with van der Waals surface area (Å²) in [7, 11) is 0. The summed E-state index contributed by atoms with van der Waals surface area (Å²) >= 11 is 0. The lowest BCUT2D eigenvalue weighted by Crippen LogP contribution is -2.58. The van der Waals surface area contributed by atoms with Gasteiger partial charge in [0.25, 0.3) is 0 Å². The Labute approximate surface area is 209 Å². The van der Waals surface area contributed by atoms with Crippen molar-refractivity contribution in [2.24, 2.45) is 0 Å². The van der Waals surface area contributed by atoms with Gasteiger partial charge in [0.05, 0.1) is 11.4 Å². The Balaban J connectivity index is 1.51. The first-order valence-electron chi connectivity index (χ1n) is 11.7. The molecular weight excluding hydrogens is 456 g/mol. The molecule has 0 radical (unpaired) electrons. The largest absolute Gasteiger partial charge is 0.457 e. The van der Waals surface area contributed by atoms with Gasteiger partial charge in [-0.25, -0.2) is 19.4 Å². The SMILES string of the molecule is C=C1NC(=O)N(c2ccc(Oc3ccccc3)c(CN3CCCC3=O)c2)C(=O)N1c1cccc(C)c1. The van der Waals surface area contributed by atoms with Gasteiger partial charge in [0.1, 0.15) is 17.3 Å². The third-order valence-electron chi connectivity index (χ3n) is 6.17. The molecular formula is C28H26N4O4. The zero-order valence-corrected chi connectivity index (χ0v) is 19.9. The van der Waals surface area contributed by atoms with Crippen LogP contribution in [0.15, 0.2) is 85.2 Å². The van der Waals surface area contributed by atoms with Crippen molar-refractivity contribution in [3.05, 3.63) is 96.3 Å². The average molecular weight is 483 g/mol. The first kappa shape index (κ1) is 23.2. The molecule has 0 unspecified atom stereocenters. The van der Waals surface area contributed by atoms with Crippen LogP contribution in [0.25, 0.3) is 0 Å². The Bertz CT molecular complexity index is 1350. The zero-order valence-electron chi connectivity index (χ0n) is 19.9. The summed E-state index contributed by atoms with van der Waals surface area (Å²) in [6.07, 6.45) is 1.31. The van der Waals surface area contributed by atoms with Crippen LogP contribution in [0.5, 0.6) is 11.5 Å². The first-order valence-corrected chi connectivity index (χ1v) is 11.7. The Kier molecular flexibility index (Phi) is 6.16. The predicted molar refractivity (Wildman–Crippen MR) is 137 cm³/mol. The fourth-order valence-electron chi connectivity index (χ4n) is 4.42. The van der Waals surface area contributed by atoms with Crippen LogP contribution < -0.4 is 19.9 Å². The molecule has 3 aromatic rings. The lowest BCUT2D eigenvalue weighted by molar-refractivity contribution is -0.128. The van der Waals surface area contributed by atoms with Gasteiger partial charge in [0, 0.05) is 25.1 Å². The fourth-order valence-corrected chi connectivity index (χ4v) is 4.42. The van der Waals surface area contributed by atoms with Crippen molar-refractivity contribution in [3.8, 4) is 11.5 Å². The zero-order chi connectivity index (χ0) is 25.2. The minimum absolute atomic E-state index is 0.0692. The highest BCUT2D eigenvalue weighted by Gasteiger charge is 2.37. The number of hydrogen-bond acceptors (Lipinski definition) is 4.